The number of ether oxygens (including phenoxy) is 2. The zero-order valence-electron chi connectivity index (χ0n) is 15.9. The Labute approximate surface area is 157 Å². The highest BCUT2D eigenvalue weighted by molar-refractivity contribution is 6.16. The van der Waals surface area contributed by atoms with Crippen LogP contribution in [0, 0.1) is 5.41 Å². The number of nitrogens with one attached hydrogen (secondary N) is 2. The molecule has 0 radical (unpaired) electrons. The molecule has 0 heterocycles. The van der Waals surface area contributed by atoms with Gasteiger partial charge < -0.3 is 20.0 Å². The summed E-state index contributed by atoms with van der Waals surface area (Å²) < 4.78 is 10.1. The van der Waals surface area contributed by atoms with E-state index in [1.807, 2.05) is 0 Å². The smallest absolute Gasteiger partial charge is 0.412 e. The van der Waals surface area contributed by atoms with Gasteiger partial charge in [-0.15, -0.1) is 0 Å². The molecule has 1 amide bonds. The first-order valence-corrected chi connectivity index (χ1v) is 8.60. The molecule has 0 unspecified atom stereocenters. The highest BCUT2D eigenvalue weighted by Crippen LogP contribution is 2.30. The van der Waals surface area contributed by atoms with E-state index in [2.05, 4.69) is 5.32 Å². The summed E-state index contributed by atoms with van der Waals surface area (Å²) in [6.45, 7) is 7.25. The highest BCUT2D eigenvalue weighted by Gasteiger charge is 2.18. The lowest BCUT2D eigenvalue weighted by Crippen LogP contribution is -2.27. The van der Waals surface area contributed by atoms with E-state index in [0.29, 0.717) is 16.5 Å². The third kappa shape index (κ3) is 5.44. The minimum absolute atomic E-state index is 0.0376. The number of benzene rings is 2. The number of aromatic hydroxyl groups is 1. The van der Waals surface area contributed by atoms with E-state index in [1.165, 1.54) is 6.07 Å². The molecule has 144 valence electrons. The molecule has 7 heteroatoms. The Morgan fingerprint density at radius 3 is 2.52 bits per heavy atom. The predicted octanol–water partition coefficient (Wildman–Crippen LogP) is 4.21. The average Bonchev–Trinajstić information content (AvgIpc) is 2.53. The van der Waals surface area contributed by atoms with Crippen molar-refractivity contribution >= 4 is 34.2 Å². The minimum atomic E-state index is -0.609. The van der Waals surface area contributed by atoms with Crippen LogP contribution in [0.3, 0.4) is 0 Å². The Morgan fingerprint density at radius 1 is 1.19 bits per heavy atom. The van der Waals surface area contributed by atoms with Crippen molar-refractivity contribution in [3.05, 3.63) is 35.9 Å². The number of hydrogen-bond acceptors (Lipinski definition) is 6. The number of fused-ring (bicyclic) bond motifs is 1. The van der Waals surface area contributed by atoms with Crippen molar-refractivity contribution in [2.45, 2.75) is 39.7 Å². The summed E-state index contributed by atoms with van der Waals surface area (Å²) in [5, 5.41) is 22.3. The molecule has 0 aliphatic heterocycles. The lowest BCUT2D eigenvalue weighted by Gasteiger charge is -2.20. The van der Waals surface area contributed by atoms with Gasteiger partial charge in [0.1, 0.15) is 11.4 Å². The topological polar surface area (TPSA) is 109 Å². The van der Waals surface area contributed by atoms with E-state index in [9.17, 15) is 14.7 Å². The molecule has 0 atom stereocenters. The lowest BCUT2D eigenvalue weighted by molar-refractivity contribution is -0.141. The molecule has 2 rings (SSSR count). The molecule has 0 aliphatic rings. The highest BCUT2D eigenvalue weighted by atomic mass is 16.6. The van der Waals surface area contributed by atoms with Crippen LogP contribution in [0.15, 0.2) is 30.3 Å². The van der Waals surface area contributed by atoms with Gasteiger partial charge in [-0.25, -0.2) is 4.79 Å². The number of rotatable bonds is 5. The van der Waals surface area contributed by atoms with Crippen molar-refractivity contribution in [2.75, 3.05) is 11.9 Å². The summed E-state index contributed by atoms with van der Waals surface area (Å²) in [7, 11) is 0. The quantitative estimate of drug-likeness (QED) is 0.538. The maximum atomic E-state index is 11.9. The first-order valence-electron chi connectivity index (χ1n) is 8.60. The second-order valence-corrected chi connectivity index (χ2v) is 6.98. The number of phenolic OH excluding ortho intramolecular Hbond substituents is 1. The van der Waals surface area contributed by atoms with Gasteiger partial charge in [0.2, 0.25) is 0 Å². The van der Waals surface area contributed by atoms with Crippen LogP contribution in [0.2, 0.25) is 0 Å². The molecular formula is C20H24N2O5. The molecule has 0 bridgehead atoms. The van der Waals surface area contributed by atoms with Crippen LogP contribution in [0.25, 0.3) is 10.8 Å². The number of anilines is 1. The van der Waals surface area contributed by atoms with Crippen LogP contribution < -0.4 is 5.32 Å². The number of carbonyl (C=O) groups excluding carboxylic acids is 2. The third-order valence-electron chi connectivity index (χ3n) is 3.57. The van der Waals surface area contributed by atoms with Crippen LogP contribution in [-0.4, -0.2) is 35.1 Å². The van der Waals surface area contributed by atoms with Gasteiger partial charge in [0, 0.05) is 11.3 Å². The van der Waals surface area contributed by atoms with Crippen molar-refractivity contribution in [2.24, 2.45) is 0 Å². The summed E-state index contributed by atoms with van der Waals surface area (Å²) in [5.74, 6) is -0.619. The Bertz CT molecular complexity index is 884. The first kappa shape index (κ1) is 20.2. The molecule has 7 nitrogen and oxygen atoms in total. The number of amides is 1. The molecule has 2 aromatic carbocycles. The van der Waals surface area contributed by atoms with Crippen molar-refractivity contribution in [3.8, 4) is 5.75 Å². The normalized spacial score (nSPS) is 11.1. The van der Waals surface area contributed by atoms with Crippen molar-refractivity contribution in [1.29, 1.82) is 5.41 Å². The molecule has 0 spiro atoms. The van der Waals surface area contributed by atoms with Crippen molar-refractivity contribution in [1.82, 2.24) is 0 Å². The Balaban J connectivity index is 2.30. The van der Waals surface area contributed by atoms with E-state index < -0.39 is 17.7 Å². The van der Waals surface area contributed by atoms with E-state index in [4.69, 9.17) is 14.9 Å². The number of carbonyl (C=O) groups is 2. The van der Waals surface area contributed by atoms with E-state index in [1.54, 1.807) is 52.0 Å². The van der Waals surface area contributed by atoms with Crippen LogP contribution in [-0.2, 0) is 14.3 Å². The fraction of sp³-hybridized carbons (Fsp3) is 0.350. The Morgan fingerprint density at radius 2 is 1.89 bits per heavy atom. The van der Waals surface area contributed by atoms with Crippen molar-refractivity contribution in [3.63, 3.8) is 0 Å². The van der Waals surface area contributed by atoms with Crippen LogP contribution in [0.1, 0.15) is 39.7 Å². The fourth-order valence-corrected chi connectivity index (χ4v) is 2.58. The summed E-state index contributed by atoms with van der Waals surface area (Å²) in [6.07, 6.45) is -0.811. The van der Waals surface area contributed by atoms with Crippen molar-refractivity contribution < 1.29 is 24.2 Å². The predicted molar refractivity (Wildman–Crippen MR) is 104 cm³/mol. The maximum Gasteiger partial charge on any atom is 0.412 e. The van der Waals surface area contributed by atoms with Gasteiger partial charge in [-0.2, -0.15) is 0 Å². The molecule has 0 saturated carbocycles. The SMILES string of the molecule is CCOC(=O)CC(=N)c1c(O)ccc2cc(NC(=O)OC(C)(C)C)ccc12. The molecule has 3 N–H and O–H groups in total. The zero-order chi connectivity index (χ0) is 20.2. The van der Waals surface area contributed by atoms with Gasteiger partial charge in [0.05, 0.1) is 18.7 Å². The number of phenols is 1. The van der Waals surface area contributed by atoms with E-state index in [0.717, 1.165) is 0 Å². The maximum absolute atomic E-state index is 11.9. The largest absolute Gasteiger partial charge is 0.507 e. The third-order valence-corrected chi connectivity index (χ3v) is 3.57. The zero-order valence-corrected chi connectivity index (χ0v) is 15.9. The Kier molecular flexibility index (Phi) is 6.05. The molecule has 2 aromatic rings. The monoisotopic (exact) mass is 372 g/mol. The summed E-state index contributed by atoms with van der Waals surface area (Å²) >= 11 is 0. The van der Waals surface area contributed by atoms with Crippen LogP contribution in [0.5, 0.6) is 5.75 Å². The summed E-state index contributed by atoms with van der Waals surface area (Å²) in [5.41, 5.74) is 0.140. The van der Waals surface area contributed by atoms with Gasteiger partial charge in [-0.05, 0) is 56.7 Å². The molecule has 0 aliphatic carbocycles. The van der Waals surface area contributed by atoms with Crippen LogP contribution >= 0.6 is 0 Å². The molecule has 0 fully saturated rings. The van der Waals surface area contributed by atoms with E-state index >= 15 is 0 Å². The molecule has 27 heavy (non-hydrogen) atoms. The Hall–Kier alpha value is -3.09. The molecule has 0 aromatic heterocycles. The molecular weight excluding hydrogens is 348 g/mol. The lowest BCUT2D eigenvalue weighted by atomic mass is 9.97. The summed E-state index contributed by atoms with van der Waals surface area (Å²) in [4.78, 5) is 23.6. The first-order chi connectivity index (χ1) is 12.6. The fourth-order valence-electron chi connectivity index (χ4n) is 2.58. The summed E-state index contributed by atoms with van der Waals surface area (Å²) in [6, 6.07) is 8.16. The average molecular weight is 372 g/mol. The number of hydrogen-bond donors (Lipinski definition) is 3. The molecule has 0 saturated heterocycles. The second kappa shape index (κ2) is 8.07. The van der Waals surface area contributed by atoms with Gasteiger partial charge in [0.25, 0.3) is 0 Å². The van der Waals surface area contributed by atoms with Gasteiger partial charge in [-0.3, -0.25) is 10.1 Å². The van der Waals surface area contributed by atoms with Gasteiger partial charge >= 0.3 is 12.1 Å². The van der Waals surface area contributed by atoms with Gasteiger partial charge in [-0.1, -0.05) is 12.1 Å². The standard InChI is InChI=1S/C20H24N2O5/c1-5-26-17(24)11-15(21)18-14-8-7-13(10-12(14)6-9-16(18)23)22-19(25)27-20(2,3)4/h6-10,21,23H,5,11H2,1-4H3,(H,22,25). The minimum Gasteiger partial charge on any atom is -0.507 e. The number of esters is 1. The van der Waals surface area contributed by atoms with Crippen LogP contribution in [0.4, 0.5) is 10.5 Å². The van der Waals surface area contributed by atoms with E-state index in [-0.39, 0.29) is 30.1 Å². The second-order valence-electron chi connectivity index (χ2n) is 6.98. The van der Waals surface area contributed by atoms with Gasteiger partial charge in [0.15, 0.2) is 0 Å².